The summed E-state index contributed by atoms with van der Waals surface area (Å²) >= 11 is -0.602. The third-order valence-corrected chi connectivity index (χ3v) is 5.98. The van der Waals surface area contributed by atoms with Crippen molar-refractivity contribution in [2.24, 2.45) is 0 Å². The molecule has 0 saturated heterocycles. The Morgan fingerprint density at radius 3 is 1.63 bits per heavy atom. The van der Waals surface area contributed by atoms with E-state index in [1.54, 1.807) is 0 Å². The summed E-state index contributed by atoms with van der Waals surface area (Å²) in [6, 6.07) is 0. The van der Waals surface area contributed by atoms with E-state index >= 15 is 0 Å². The Morgan fingerprint density at radius 2 is 1.26 bits per heavy atom. The second-order valence-electron chi connectivity index (χ2n) is 4.40. The van der Waals surface area contributed by atoms with E-state index in [9.17, 15) is 9.59 Å². The van der Waals surface area contributed by atoms with Crippen LogP contribution in [-0.2, 0) is 19.1 Å². The first-order chi connectivity index (χ1) is 9.20. The van der Waals surface area contributed by atoms with Gasteiger partial charge >= 0.3 is 127 Å². The van der Waals surface area contributed by atoms with Crippen molar-refractivity contribution in [2.45, 2.75) is 61.2 Å². The fourth-order valence-corrected chi connectivity index (χ4v) is 4.20. The zero-order valence-corrected chi connectivity index (χ0v) is 15.1. The summed E-state index contributed by atoms with van der Waals surface area (Å²) in [5, 5.41) is 0. The molecule has 0 aromatic rings. The van der Waals surface area contributed by atoms with E-state index in [2.05, 4.69) is 13.8 Å². The molecule has 0 unspecified atom stereocenters. The van der Waals surface area contributed by atoms with E-state index < -0.39 is 21.1 Å². The van der Waals surface area contributed by atoms with Crippen LogP contribution >= 0.6 is 0 Å². The molecule has 0 atom stereocenters. The van der Waals surface area contributed by atoms with Crippen molar-refractivity contribution in [2.75, 3.05) is 13.2 Å². The zero-order valence-electron chi connectivity index (χ0n) is 12.2. The number of ether oxygens (including phenoxy) is 2. The molecule has 0 bridgehead atoms. The molecule has 19 heavy (non-hydrogen) atoms. The summed E-state index contributed by atoms with van der Waals surface area (Å²) in [5.74, 6) is -0.167. The fourth-order valence-electron chi connectivity index (χ4n) is 1.31. The van der Waals surface area contributed by atoms with Gasteiger partial charge < -0.3 is 0 Å². The molecule has 4 nitrogen and oxygen atoms in total. The van der Waals surface area contributed by atoms with Gasteiger partial charge in [0.15, 0.2) is 0 Å². The van der Waals surface area contributed by atoms with Gasteiger partial charge in [-0.3, -0.25) is 0 Å². The average molecular weight is 377 g/mol. The molecule has 0 aliphatic heterocycles. The molecule has 0 heterocycles. The Hall–Kier alpha value is -0.261. The molecule has 0 N–H and O–H groups in total. The van der Waals surface area contributed by atoms with Gasteiger partial charge in [0.05, 0.1) is 0 Å². The van der Waals surface area contributed by atoms with Crippen LogP contribution in [-0.4, -0.2) is 46.3 Å². The molecule has 108 valence electrons. The fraction of sp³-hybridized carbons (Fsp3) is 0.857. The third kappa shape index (κ3) is 14.0. The predicted molar refractivity (Wildman–Crippen MR) is 76.3 cm³/mol. The van der Waals surface area contributed by atoms with Gasteiger partial charge in [-0.25, -0.2) is 0 Å². The minimum absolute atomic E-state index is 0.0835. The van der Waals surface area contributed by atoms with Crippen LogP contribution in [0, 0.1) is 0 Å². The average Bonchev–Trinajstić information content (AvgIpc) is 2.39. The molecule has 0 aromatic heterocycles. The van der Waals surface area contributed by atoms with Crippen LogP contribution in [0.5, 0.6) is 0 Å². The number of rotatable bonds is 12. The summed E-state index contributed by atoms with van der Waals surface area (Å²) in [6.07, 6.45) is 5.03. The summed E-state index contributed by atoms with van der Waals surface area (Å²) in [6.45, 7) is 5.23. The molecule has 0 spiro atoms. The predicted octanol–water partition coefficient (Wildman–Crippen LogP) is 2.99. The summed E-state index contributed by atoms with van der Waals surface area (Å²) < 4.78 is 12.1. The first-order valence-corrected chi connectivity index (χ1v) is 11.3. The summed E-state index contributed by atoms with van der Waals surface area (Å²) in [7, 11) is 0. The van der Waals surface area contributed by atoms with Crippen LogP contribution in [0.4, 0.5) is 0 Å². The molecule has 0 aliphatic rings. The van der Waals surface area contributed by atoms with Crippen LogP contribution in [0.2, 0.25) is 8.87 Å². The molecule has 0 saturated carbocycles. The van der Waals surface area contributed by atoms with E-state index in [0.29, 0.717) is 26.1 Å². The van der Waals surface area contributed by atoms with E-state index in [-0.39, 0.29) is 11.9 Å². The van der Waals surface area contributed by atoms with E-state index in [1.807, 2.05) is 0 Å². The molecular formula is C14H26O4Sn+2. The summed E-state index contributed by atoms with van der Waals surface area (Å²) in [4.78, 5) is 22.6. The van der Waals surface area contributed by atoms with Gasteiger partial charge in [-0.05, 0) is 0 Å². The standard InChI is InChI=1S/2C7H13O2.Sn/c2*1-3-5-6-9-7(8)4-2;/h2*2-6H2,1H3;/q;;+2. The van der Waals surface area contributed by atoms with Gasteiger partial charge in [0.25, 0.3) is 0 Å². The Bertz CT molecular complexity index is 220. The van der Waals surface area contributed by atoms with Gasteiger partial charge in [0, 0.05) is 0 Å². The third-order valence-electron chi connectivity index (χ3n) is 2.53. The zero-order chi connectivity index (χ0) is 14.3. The van der Waals surface area contributed by atoms with Gasteiger partial charge in [-0.15, -0.1) is 0 Å². The number of carbonyl (C=O) groups excluding carboxylic acids is 2. The molecule has 0 aliphatic carbocycles. The topological polar surface area (TPSA) is 52.6 Å². The Balaban J connectivity index is 3.29. The van der Waals surface area contributed by atoms with Crippen LogP contribution in [0.1, 0.15) is 52.4 Å². The number of hydrogen-bond donors (Lipinski definition) is 0. The first kappa shape index (κ1) is 18.7. The molecule has 0 radical (unpaired) electrons. The molecule has 0 amide bonds. The quantitative estimate of drug-likeness (QED) is 0.298. The van der Waals surface area contributed by atoms with Gasteiger partial charge in [0.1, 0.15) is 0 Å². The molecule has 0 rings (SSSR count). The number of unbranched alkanes of at least 4 members (excludes halogenated alkanes) is 2. The first-order valence-electron chi connectivity index (χ1n) is 7.22. The van der Waals surface area contributed by atoms with Crippen LogP contribution in [0.15, 0.2) is 0 Å². The number of hydrogen-bond acceptors (Lipinski definition) is 4. The van der Waals surface area contributed by atoms with Crippen molar-refractivity contribution in [3.05, 3.63) is 0 Å². The molecular weight excluding hydrogens is 351 g/mol. The maximum absolute atomic E-state index is 11.3. The normalized spacial score (nSPS) is 9.79. The SMILES string of the molecule is CCCCOC(=O)C[CH2][Sn+2][CH2]CC(=O)OCCCC. The van der Waals surface area contributed by atoms with Crippen molar-refractivity contribution in [1.29, 1.82) is 0 Å². The van der Waals surface area contributed by atoms with Crippen LogP contribution in [0.3, 0.4) is 0 Å². The maximum atomic E-state index is 11.3. The second-order valence-corrected chi connectivity index (χ2v) is 8.68. The van der Waals surface area contributed by atoms with E-state index in [1.165, 1.54) is 0 Å². The minimum atomic E-state index is -0.602. The van der Waals surface area contributed by atoms with E-state index in [4.69, 9.17) is 9.47 Å². The Labute approximate surface area is 126 Å². The monoisotopic (exact) mass is 378 g/mol. The van der Waals surface area contributed by atoms with Crippen molar-refractivity contribution in [3.63, 3.8) is 0 Å². The molecule has 5 heteroatoms. The van der Waals surface area contributed by atoms with E-state index in [0.717, 1.165) is 34.6 Å². The Morgan fingerprint density at radius 1 is 0.842 bits per heavy atom. The second kappa shape index (κ2) is 14.2. The number of carbonyl (C=O) groups is 2. The van der Waals surface area contributed by atoms with Crippen molar-refractivity contribution in [1.82, 2.24) is 0 Å². The summed E-state index contributed by atoms with van der Waals surface area (Å²) in [5.41, 5.74) is 0. The van der Waals surface area contributed by atoms with Crippen LogP contribution < -0.4 is 0 Å². The van der Waals surface area contributed by atoms with Crippen molar-refractivity contribution in [3.8, 4) is 0 Å². The van der Waals surface area contributed by atoms with Gasteiger partial charge in [0.2, 0.25) is 0 Å². The molecule has 0 fully saturated rings. The number of esters is 2. The Kier molecular flexibility index (Phi) is 14.0. The van der Waals surface area contributed by atoms with Crippen molar-refractivity contribution >= 4 is 33.1 Å². The van der Waals surface area contributed by atoms with Gasteiger partial charge in [-0.1, -0.05) is 0 Å². The van der Waals surface area contributed by atoms with Gasteiger partial charge in [-0.2, -0.15) is 0 Å². The molecule has 0 aromatic carbocycles. The van der Waals surface area contributed by atoms with Crippen LogP contribution in [0.25, 0.3) is 0 Å². The van der Waals surface area contributed by atoms with Crippen molar-refractivity contribution < 1.29 is 19.1 Å².